The number of fused-ring (bicyclic) bond motifs is 3. The van der Waals surface area contributed by atoms with Crippen molar-refractivity contribution in [2.24, 2.45) is 11.8 Å². The van der Waals surface area contributed by atoms with Gasteiger partial charge in [0.05, 0.1) is 28.4 Å². The van der Waals surface area contributed by atoms with Crippen LogP contribution < -0.4 is 9.47 Å². The van der Waals surface area contributed by atoms with Gasteiger partial charge in [-0.1, -0.05) is 13.8 Å². The van der Waals surface area contributed by atoms with Gasteiger partial charge in [-0.25, -0.2) is 0 Å². The molecule has 3 atom stereocenters. The number of methoxy groups -OCH3 is 2. The lowest BCUT2D eigenvalue weighted by Crippen LogP contribution is -2.48. The van der Waals surface area contributed by atoms with Crippen LogP contribution in [0.5, 0.6) is 11.5 Å². The molecule has 1 fully saturated rings. The fraction of sp³-hybridized carbons (Fsp3) is 0.684. The fourth-order valence-electron chi connectivity index (χ4n) is 3.56. The third-order valence-electron chi connectivity index (χ3n) is 4.62. The summed E-state index contributed by atoms with van der Waals surface area (Å²) in [7, 11) is -5.91. The standard InChI is InChI=1S/C19H29NO3/c1-12(2)7-14-11-20-6-5-13-8-18(22-3)19(23-4)9-15(13)16(20)10-17(14)21/h8-9,12,14,16-17,21H,5-7,10-11H2,1-4H3/i3D3,4D3,5D2,6D2. The van der Waals surface area contributed by atoms with Gasteiger partial charge >= 0.3 is 0 Å². The molecule has 0 spiro atoms. The highest BCUT2D eigenvalue weighted by Gasteiger charge is 2.38. The van der Waals surface area contributed by atoms with Gasteiger partial charge in [0, 0.05) is 24.6 Å². The van der Waals surface area contributed by atoms with Crippen LogP contribution in [0.25, 0.3) is 0 Å². The molecule has 1 N–H and O–H groups in total. The van der Waals surface area contributed by atoms with Crippen molar-refractivity contribution in [2.75, 3.05) is 27.1 Å². The second kappa shape index (κ2) is 6.70. The van der Waals surface area contributed by atoms with Crippen LogP contribution in [0.1, 0.15) is 57.6 Å². The number of ether oxygens (including phenoxy) is 2. The van der Waals surface area contributed by atoms with Crippen LogP contribution in [0.3, 0.4) is 0 Å². The number of nitrogens with zero attached hydrogens (tertiary/aromatic N) is 1. The van der Waals surface area contributed by atoms with Crippen LogP contribution in [0.4, 0.5) is 0 Å². The predicted molar refractivity (Wildman–Crippen MR) is 91.1 cm³/mol. The number of hydrogen-bond donors (Lipinski definition) is 1. The van der Waals surface area contributed by atoms with Crippen LogP contribution in [0.2, 0.25) is 0 Å². The zero-order valence-electron chi connectivity index (χ0n) is 23.3. The third kappa shape index (κ3) is 3.20. The maximum atomic E-state index is 10.8. The molecule has 0 bridgehead atoms. The Morgan fingerprint density at radius 2 is 2.09 bits per heavy atom. The molecule has 2 aliphatic rings. The summed E-state index contributed by atoms with van der Waals surface area (Å²) in [5, 5.41) is 10.8. The number of benzene rings is 1. The molecule has 0 aliphatic carbocycles. The quantitative estimate of drug-likeness (QED) is 0.922. The Labute approximate surface area is 153 Å². The summed E-state index contributed by atoms with van der Waals surface area (Å²) in [4.78, 5) is 1.37. The largest absolute Gasteiger partial charge is 0.493 e. The maximum Gasteiger partial charge on any atom is 0.161 e. The van der Waals surface area contributed by atoms with Gasteiger partial charge in [0.2, 0.25) is 0 Å². The molecular formula is C19H29NO3. The minimum absolute atomic E-state index is 0.104. The van der Waals surface area contributed by atoms with E-state index in [1.807, 2.05) is 13.8 Å². The van der Waals surface area contributed by atoms with Gasteiger partial charge in [-0.15, -0.1) is 0 Å². The van der Waals surface area contributed by atoms with Crippen molar-refractivity contribution < 1.29 is 28.3 Å². The van der Waals surface area contributed by atoms with Crippen molar-refractivity contribution in [3.05, 3.63) is 23.3 Å². The van der Waals surface area contributed by atoms with E-state index in [2.05, 4.69) is 0 Å². The summed E-state index contributed by atoms with van der Waals surface area (Å²) in [6.45, 7) is 1.61. The van der Waals surface area contributed by atoms with E-state index < -0.39 is 50.6 Å². The first-order chi connectivity index (χ1) is 14.8. The van der Waals surface area contributed by atoms with E-state index in [0.29, 0.717) is 6.42 Å². The van der Waals surface area contributed by atoms with Gasteiger partial charge in [0.25, 0.3) is 0 Å². The molecule has 3 unspecified atom stereocenters. The van der Waals surface area contributed by atoms with E-state index in [9.17, 15) is 5.11 Å². The first-order valence-electron chi connectivity index (χ1n) is 12.8. The Kier molecular flexibility index (Phi) is 2.39. The summed E-state index contributed by atoms with van der Waals surface area (Å²) < 4.78 is 88.7. The van der Waals surface area contributed by atoms with Crippen molar-refractivity contribution in [3.63, 3.8) is 0 Å². The van der Waals surface area contributed by atoms with Crippen LogP contribution in [0, 0.1) is 11.8 Å². The highest BCUT2D eigenvalue weighted by Crippen LogP contribution is 2.43. The van der Waals surface area contributed by atoms with Crippen molar-refractivity contribution >= 4 is 0 Å². The van der Waals surface area contributed by atoms with E-state index >= 15 is 0 Å². The van der Waals surface area contributed by atoms with Crippen LogP contribution in [-0.4, -0.2) is 43.2 Å². The molecule has 2 aliphatic heterocycles. The molecule has 0 saturated carbocycles. The second-order valence-corrected chi connectivity index (χ2v) is 6.69. The van der Waals surface area contributed by atoms with Gasteiger partial charge in [0.15, 0.2) is 11.5 Å². The molecular weight excluding hydrogens is 290 g/mol. The topological polar surface area (TPSA) is 41.9 Å². The van der Waals surface area contributed by atoms with Gasteiger partial charge < -0.3 is 14.6 Å². The normalized spacial score (nSPS) is 39.4. The summed E-state index contributed by atoms with van der Waals surface area (Å²) in [5.74, 6) is -0.946. The van der Waals surface area contributed by atoms with Gasteiger partial charge in [0.1, 0.15) is 0 Å². The predicted octanol–water partition coefficient (Wildman–Crippen LogP) is 3.03. The molecule has 4 nitrogen and oxygen atoms in total. The molecule has 23 heavy (non-hydrogen) atoms. The Bertz CT molecular complexity index is 884. The van der Waals surface area contributed by atoms with Crippen molar-refractivity contribution in [2.45, 2.75) is 45.2 Å². The zero-order chi connectivity index (χ0) is 25.1. The highest BCUT2D eigenvalue weighted by atomic mass is 16.5. The Morgan fingerprint density at radius 1 is 1.35 bits per heavy atom. The number of aliphatic hydroxyl groups is 1. The summed E-state index contributed by atoms with van der Waals surface area (Å²) in [6.07, 6.45) is -2.62. The molecule has 1 aromatic carbocycles. The van der Waals surface area contributed by atoms with Crippen LogP contribution >= 0.6 is 0 Å². The van der Waals surface area contributed by atoms with Crippen molar-refractivity contribution in [3.8, 4) is 11.5 Å². The zero-order valence-corrected chi connectivity index (χ0v) is 13.3. The first-order valence-corrected chi connectivity index (χ1v) is 7.85. The lowest BCUT2D eigenvalue weighted by Gasteiger charge is -2.46. The minimum Gasteiger partial charge on any atom is -0.493 e. The number of piperidine rings is 1. The van der Waals surface area contributed by atoms with E-state index in [1.165, 1.54) is 11.0 Å². The second-order valence-electron chi connectivity index (χ2n) is 6.69. The van der Waals surface area contributed by atoms with Gasteiger partial charge in [-0.2, -0.15) is 0 Å². The highest BCUT2D eigenvalue weighted by molar-refractivity contribution is 5.49. The van der Waals surface area contributed by atoms with Crippen molar-refractivity contribution in [1.29, 1.82) is 0 Å². The summed E-state index contributed by atoms with van der Waals surface area (Å²) in [5.41, 5.74) is 0.0646. The Balaban J connectivity index is 2.17. The molecule has 2 heterocycles. The van der Waals surface area contributed by atoms with Crippen molar-refractivity contribution in [1.82, 2.24) is 4.90 Å². The first kappa shape index (κ1) is 8.21. The summed E-state index contributed by atoms with van der Waals surface area (Å²) >= 11 is 0. The van der Waals surface area contributed by atoms with E-state index in [-0.39, 0.29) is 35.9 Å². The van der Waals surface area contributed by atoms with E-state index in [4.69, 9.17) is 23.2 Å². The lowest BCUT2D eigenvalue weighted by atomic mass is 9.79. The molecule has 4 heteroatoms. The maximum absolute atomic E-state index is 10.8. The third-order valence-corrected chi connectivity index (χ3v) is 4.62. The van der Waals surface area contributed by atoms with E-state index in [0.717, 1.165) is 6.07 Å². The number of rotatable bonds is 4. The van der Waals surface area contributed by atoms with Crippen LogP contribution in [-0.2, 0) is 6.37 Å². The molecule has 0 radical (unpaired) electrons. The molecule has 3 rings (SSSR count). The summed E-state index contributed by atoms with van der Waals surface area (Å²) in [6, 6.07) is 1.44. The number of hydrogen-bond acceptors (Lipinski definition) is 4. The minimum atomic E-state index is -2.97. The average Bonchev–Trinajstić information content (AvgIpc) is 2.60. The van der Waals surface area contributed by atoms with E-state index in [1.54, 1.807) is 0 Å². The Hall–Kier alpha value is -1.26. The lowest BCUT2D eigenvalue weighted by molar-refractivity contribution is -0.0191. The number of aryl methyl sites for hydroxylation is 1. The molecule has 0 aromatic heterocycles. The molecule has 0 amide bonds. The average molecular weight is 330 g/mol. The monoisotopic (exact) mass is 329 g/mol. The smallest absolute Gasteiger partial charge is 0.161 e. The Morgan fingerprint density at radius 3 is 2.78 bits per heavy atom. The SMILES string of the molecule is [2H]C([2H])([2H])Oc1cc2c(cc1OC([2H])([2H])[2H])C([2H])([2H])C([2H])([2H])N1CC(CC(C)C)C(O)CC21. The van der Waals surface area contributed by atoms with Crippen LogP contribution in [0.15, 0.2) is 12.1 Å². The fourth-order valence-corrected chi connectivity index (χ4v) is 3.56. The van der Waals surface area contributed by atoms with Gasteiger partial charge in [-0.05, 0) is 54.3 Å². The van der Waals surface area contributed by atoms with Gasteiger partial charge in [-0.3, -0.25) is 4.90 Å². The molecule has 128 valence electrons. The molecule has 1 aromatic rings. The molecule has 1 saturated heterocycles. The number of aliphatic hydroxyl groups excluding tert-OH is 1.